The number of hydrogen-bond acceptors (Lipinski definition) is 4. The van der Waals surface area contributed by atoms with Gasteiger partial charge in [0.05, 0.1) is 11.3 Å². The fourth-order valence-electron chi connectivity index (χ4n) is 1.66. The molecular formula is C14H14N2O3. The summed E-state index contributed by atoms with van der Waals surface area (Å²) in [6.45, 7) is 1.88. The van der Waals surface area contributed by atoms with E-state index in [4.69, 9.17) is 15.6 Å². The third-order valence-electron chi connectivity index (χ3n) is 2.71. The largest absolute Gasteiger partial charge is 0.484 e. The van der Waals surface area contributed by atoms with Crippen molar-refractivity contribution in [3.05, 3.63) is 53.9 Å². The van der Waals surface area contributed by atoms with E-state index in [9.17, 15) is 4.79 Å². The number of benzene rings is 1. The molecule has 0 aliphatic carbocycles. The van der Waals surface area contributed by atoms with E-state index >= 15 is 0 Å². The number of pyridine rings is 1. The molecule has 1 atom stereocenters. The van der Waals surface area contributed by atoms with E-state index in [1.807, 2.05) is 19.1 Å². The SMILES string of the molecule is CC(Oc1ccc(C(=O)O)cc1N)c1cccnc1. The number of nitrogens with zero attached hydrogens (tertiary/aromatic N) is 1. The van der Waals surface area contributed by atoms with E-state index in [-0.39, 0.29) is 11.7 Å². The summed E-state index contributed by atoms with van der Waals surface area (Å²) < 4.78 is 5.71. The molecule has 0 aliphatic heterocycles. The van der Waals surface area contributed by atoms with Crippen molar-refractivity contribution in [3.8, 4) is 5.75 Å². The van der Waals surface area contributed by atoms with Gasteiger partial charge in [0.15, 0.2) is 0 Å². The molecule has 0 fully saturated rings. The lowest BCUT2D eigenvalue weighted by Crippen LogP contribution is -2.06. The molecule has 2 aromatic rings. The Labute approximate surface area is 110 Å². The second kappa shape index (κ2) is 5.39. The van der Waals surface area contributed by atoms with E-state index in [1.54, 1.807) is 18.5 Å². The normalized spacial score (nSPS) is 11.8. The molecule has 0 radical (unpaired) electrons. The highest BCUT2D eigenvalue weighted by Crippen LogP contribution is 2.27. The number of nitrogen functional groups attached to an aromatic ring is 1. The van der Waals surface area contributed by atoms with Crippen LogP contribution >= 0.6 is 0 Å². The minimum absolute atomic E-state index is 0.138. The Kier molecular flexibility index (Phi) is 3.66. The minimum atomic E-state index is -1.02. The predicted molar refractivity (Wildman–Crippen MR) is 71.1 cm³/mol. The molecular weight excluding hydrogens is 244 g/mol. The van der Waals surface area contributed by atoms with Crippen molar-refractivity contribution in [1.82, 2.24) is 4.98 Å². The molecule has 0 saturated carbocycles. The lowest BCUT2D eigenvalue weighted by atomic mass is 10.1. The Morgan fingerprint density at radius 2 is 2.21 bits per heavy atom. The minimum Gasteiger partial charge on any atom is -0.484 e. The van der Waals surface area contributed by atoms with Crippen LogP contribution in [0.2, 0.25) is 0 Å². The van der Waals surface area contributed by atoms with Crippen LogP contribution in [0.4, 0.5) is 5.69 Å². The molecule has 5 heteroatoms. The Morgan fingerprint density at radius 1 is 1.42 bits per heavy atom. The van der Waals surface area contributed by atoms with Gasteiger partial charge in [-0.15, -0.1) is 0 Å². The van der Waals surface area contributed by atoms with Crippen LogP contribution in [-0.4, -0.2) is 16.1 Å². The number of carbonyl (C=O) groups is 1. The van der Waals surface area contributed by atoms with Gasteiger partial charge in [0.25, 0.3) is 0 Å². The van der Waals surface area contributed by atoms with Crippen molar-refractivity contribution < 1.29 is 14.6 Å². The van der Waals surface area contributed by atoms with Gasteiger partial charge in [0.2, 0.25) is 0 Å². The summed E-state index contributed by atoms with van der Waals surface area (Å²) in [5, 5.41) is 8.86. The number of hydrogen-bond donors (Lipinski definition) is 2. The summed E-state index contributed by atoms with van der Waals surface area (Å²) in [4.78, 5) is 14.8. The zero-order valence-electron chi connectivity index (χ0n) is 10.4. The van der Waals surface area contributed by atoms with Gasteiger partial charge in [0, 0.05) is 18.0 Å². The summed E-state index contributed by atoms with van der Waals surface area (Å²) in [7, 11) is 0. The molecule has 1 aromatic carbocycles. The van der Waals surface area contributed by atoms with Crippen molar-refractivity contribution in [2.75, 3.05) is 5.73 Å². The maximum Gasteiger partial charge on any atom is 0.335 e. The van der Waals surface area contributed by atoms with Crippen LogP contribution in [0, 0.1) is 0 Å². The average molecular weight is 258 g/mol. The molecule has 0 amide bonds. The van der Waals surface area contributed by atoms with Crippen LogP contribution in [0.15, 0.2) is 42.7 Å². The molecule has 3 N–H and O–H groups in total. The van der Waals surface area contributed by atoms with Gasteiger partial charge in [-0.1, -0.05) is 6.07 Å². The number of carboxylic acid groups (broad SMARTS) is 1. The van der Waals surface area contributed by atoms with Crippen LogP contribution < -0.4 is 10.5 Å². The second-order valence-electron chi connectivity index (χ2n) is 4.10. The number of ether oxygens (including phenoxy) is 1. The number of anilines is 1. The molecule has 98 valence electrons. The van der Waals surface area contributed by atoms with Crippen LogP contribution in [0.25, 0.3) is 0 Å². The van der Waals surface area contributed by atoms with Crippen LogP contribution in [-0.2, 0) is 0 Å². The zero-order valence-corrected chi connectivity index (χ0v) is 10.4. The summed E-state index contributed by atoms with van der Waals surface area (Å²) in [6, 6.07) is 8.13. The first-order valence-electron chi connectivity index (χ1n) is 5.77. The van der Waals surface area contributed by atoms with Crippen LogP contribution in [0.1, 0.15) is 28.9 Å². The fourth-order valence-corrected chi connectivity index (χ4v) is 1.66. The number of nitrogens with two attached hydrogens (primary N) is 1. The highest BCUT2D eigenvalue weighted by molar-refractivity contribution is 5.89. The molecule has 0 spiro atoms. The van der Waals surface area contributed by atoms with Gasteiger partial charge in [-0.05, 0) is 31.2 Å². The van der Waals surface area contributed by atoms with E-state index in [1.165, 1.54) is 12.1 Å². The molecule has 1 aromatic heterocycles. The standard InChI is InChI=1S/C14H14N2O3/c1-9(11-3-2-6-16-8-11)19-13-5-4-10(14(17)18)7-12(13)15/h2-9H,15H2,1H3,(H,17,18). The molecule has 19 heavy (non-hydrogen) atoms. The molecule has 1 heterocycles. The highest BCUT2D eigenvalue weighted by atomic mass is 16.5. The number of aromatic nitrogens is 1. The monoisotopic (exact) mass is 258 g/mol. The van der Waals surface area contributed by atoms with E-state index in [0.29, 0.717) is 11.4 Å². The third kappa shape index (κ3) is 3.01. The van der Waals surface area contributed by atoms with Gasteiger partial charge in [0.1, 0.15) is 11.9 Å². The lowest BCUT2D eigenvalue weighted by molar-refractivity contribution is 0.0697. The van der Waals surface area contributed by atoms with Crippen molar-refractivity contribution in [2.45, 2.75) is 13.0 Å². The van der Waals surface area contributed by atoms with Crippen molar-refractivity contribution in [2.24, 2.45) is 0 Å². The fraction of sp³-hybridized carbons (Fsp3) is 0.143. The first kappa shape index (κ1) is 12.9. The Morgan fingerprint density at radius 3 is 2.79 bits per heavy atom. The number of aromatic carboxylic acids is 1. The summed E-state index contributed by atoms with van der Waals surface area (Å²) in [5.41, 5.74) is 7.14. The smallest absolute Gasteiger partial charge is 0.335 e. The van der Waals surface area contributed by atoms with Gasteiger partial charge >= 0.3 is 5.97 Å². The molecule has 5 nitrogen and oxygen atoms in total. The maximum atomic E-state index is 10.8. The summed E-state index contributed by atoms with van der Waals surface area (Å²) in [5.74, 6) is -0.556. The Balaban J connectivity index is 2.18. The molecule has 2 rings (SSSR count). The Hall–Kier alpha value is -2.56. The van der Waals surface area contributed by atoms with Crippen molar-refractivity contribution in [3.63, 3.8) is 0 Å². The quantitative estimate of drug-likeness (QED) is 0.823. The number of carboxylic acids is 1. The topological polar surface area (TPSA) is 85.4 Å². The van der Waals surface area contributed by atoms with Gasteiger partial charge in [-0.3, -0.25) is 4.98 Å². The van der Waals surface area contributed by atoms with Gasteiger partial charge < -0.3 is 15.6 Å². The zero-order chi connectivity index (χ0) is 13.8. The maximum absolute atomic E-state index is 10.8. The predicted octanol–water partition coefficient (Wildman–Crippen LogP) is 2.50. The van der Waals surface area contributed by atoms with Crippen LogP contribution in [0.3, 0.4) is 0 Å². The van der Waals surface area contributed by atoms with Crippen molar-refractivity contribution in [1.29, 1.82) is 0 Å². The van der Waals surface area contributed by atoms with Gasteiger partial charge in [-0.2, -0.15) is 0 Å². The molecule has 0 saturated heterocycles. The van der Waals surface area contributed by atoms with E-state index < -0.39 is 5.97 Å². The van der Waals surface area contributed by atoms with E-state index in [0.717, 1.165) is 5.56 Å². The number of rotatable bonds is 4. The molecule has 0 bridgehead atoms. The Bertz CT molecular complexity index is 584. The first-order chi connectivity index (χ1) is 9.08. The summed E-state index contributed by atoms with van der Waals surface area (Å²) in [6.07, 6.45) is 3.19. The third-order valence-corrected chi connectivity index (χ3v) is 2.71. The first-order valence-corrected chi connectivity index (χ1v) is 5.77. The molecule has 0 aliphatic rings. The highest BCUT2D eigenvalue weighted by Gasteiger charge is 2.11. The molecule has 1 unspecified atom stereocenters. The average Bonchev–Trinajstić information content (AvgIpc) is 2.41. The van der Waals surface area contributed by atoms with Crippen molar-refractivity contribution >= 4 is 11.7 Å². The van der Waals surface area contributed by atoms with Gasteiger partial charge in [-0.25, -0.2) is 4.79 Å². The second-order valence-corrected chi connectivity index (χ2v) is 4.10. The van der Waals surface area contributed by atoms with Crippen LogP contribution in [0.5, 0.6) is 5.75 Å². The lowest BCUT2D eigenvalue weighted by Gasteiger charge is -2.16. The summed E-state index contributed by atoms with van der Waals surface area (Å²) >= 11 is 0. The van der Waals surface area contributed by atoms with E-state index in [2.05, 4.69) is 4.98 Å².